The summed E-state index contributed by atoms with van der Waals surface area (Å²) in [6.45, 7) is 0.243. The summed E-state index contributed by atoms with van der Waals surface area (Å²) in [7, 11) is 3.93. The van der Waals surface area contributed by atoms with E-state index in [1.54, 1.807) is 6.21 Å². The molecule has 3 N–H and O–H groups in total. The first-order chi connectivity index (χ1) is 12.5. The molecular weight excluding hydrogens is 330 g/mol. The first kappa shape index (κ1) is 19.0. The van der Waals surface area contributed by atoms with Gasteiger partial charge in [-0.2, -0.15) is 5.10 Å². The van der Waals surface area contributed by atoms with E-state index in [-0.39, 0.29) is 6.54 Å². The third-order valence-corrected chi connectivity index (χ3v) is 3.52. The SMILES string of the molecule is CN(C)c1ccc(C=NNC(=O)CNC(=O)NCc2ccccc2)cc1. The standard InChI is InChI=1S/C19H23N5O2/c1-24(2)17-10-8-16(9-11-17)13-22-23-18(25)14-21-19(26)20-12-15-6-4-3-5-7-15/h3-11,13H,12,14H2,1-2H3,(H,23,25)(H2,20,21,26). The Hall–Kier alpha value is -3.35. The molecule has 0 bridgehead atoms. The lowest BCUT2D eigenvalue weighted by Gasteiger charge is -2.11. The molecule has 0 heterocycles. The van der Waals surface area contributed by atoms with E-state index in [2.05, 4.69) is 21.2 Å². The van der Waals surface area contributed by atoms with Crippen molar-refractivity contribution in [2.75, 3.05) is 25.5 Å². The smallest absolute Gasteiger partial charge is 0.315 e. The number of nitrogens with zero attached hydrogens (tertiary/aromatic N) is 2. The molecule has 3 amide bonds. The highest BCUT2D eigenvalue weighted by Crippen LogP contribution is 2.10. The molecular formula is C19H23N5O2. The molecule has 0 aliphatic rings. The predicted molar refractivity (Wildman–Crippen MR) is 103 cm³/mol. The summed E-state index contributed by atoms with van der Waals surface area (Å²) in [6, 6.07) is 16.8. The van der Waals surface area contributed by atoms with Crippen molar-refractivity contribution in [2.45, 2.75) is 6.54 Å². The Kier molecular flexibility index (Phi) is 7.17. The van der Waals surface area contributed by atoms with Gasteiger partial charge in [-0.05, 0) is 23.3 Å². The normalized spacial score (nSPS) is 10.4. The van der Waals surface area contributed by atoms with Crippen LogP contribution in [0.4, 0.5) is 10.5 Å². The summed E-state index contributed by atoms with van der Waals surface area (Å²) in [5, 5.41) is 9.04. The van der Waals surface area contributed by atoms with E-state index in [0.29, 0.717) is 6.54 Å². The number of hydrogen-bond acceptors (Lipinski definition) is 4. The average molecular weight is 353 g/mol. The monoisotopic (exact) mass is 353 g/mol. The van der Waals surface area contributed by atoms with Crippen LogP contribution in [0.5, 0.6) is 0 Å². The molecule has 0 fully saturated rings. The molecule has 0 spiro atoms. The second kappa shape index (κ2) is 9.83. The van der Waals surface area contributed by atoms with E-state index in [9.17, 15) is 9.59 Å². The molecule has 7 nitrogen and oxygen atoms in total. The van der Waals surface area contributed by atoms with Gasteiger partial charge in [-0.15, -0.1) is 0 Å². The molecule has 0 saturated heterocycles. The van der Waals surface area contributed by atoms with Crippen LogP contribution in [0.3, 0.4) is 0 Å². The van der Waals surface area contributed by atoms with E-state index in [0.717, 1.165) is 16.8 Å². The maximum absolute atomic E-state index is 11.7. The van der Waals surface area contributed by atoms with Gasteiger partial charge < -0.3 is 15.5 Å². The number of carbonyl (C=O) groups is 2. The summed E-state index contributed by atoms with van der Waals surface area (Å²) in [5.74, 6) is -0.402. The summed E-state index contributed by atoms with van der Waals surface area (Å²) in [4.78, 5) is 25.3. The van der Waals surface area contributed by atoms with Crippen molar-refractivity contribution in [3.8, 4) is 0 Å². The molecule has 136 valence electrons. The van der Waals surface area contributed by atoms with Crippen molar-refractivity contribution >= 4 is 23.8 Å². The summed E-state index contributed by atoms with van der Waals surface area (Å²) in [5.41, 5.74) is 5.30. The molecule has 0 unspecified atom stereocenters. The number of urea groups is 1. The highest BCUT2D eigenvalue weighted by Gasteiger charge is 2.04. The molecule has 0 aliphatic carbocycles. The van der Waals surface area contributed by atoms with Gasteiger partial charge in [0.1, 0.15) is 6.54 Å². The Morgan fingerprint density at radius 3 is 2.35 bits per heavy atom. The highest BCUT2D eigenvalue weighted by atomic mass is 16.2. The van der Waals surface area contributed by atoms with Crippen molar-refractivity contribution in [3.63, 3.8) is 0 Å². The highest BCUT2D eigenvalue weighted by molar-refractivity contribution is 5.86. The predicted octanol–water partition coefficient (Wildman–Crippen LogP) is 1.70. The number of benzene rings is 2. The fourth-order valence-corrected chi connectivity index (χ4v) is 2.08. The second-order valence-electron chi connectivity index (χ2n) is 5.80. The topological polar surface area (TPSA) is 85.8 Å². The maximum atomic E-state index is 11.7. The van der Waals surface area contributed by atoms with Crippen molar-refractivity contribution in [1.29, 1.82) is 0 Å². The average Bonchev–Trinajstić information content (AvgIpc) is 2.66. The summed E-state index contributed by atoms with van der Waals surface area (Å²) >= 11 is 0. The van der Waals surface area contributed by atoms with Gasteiger partial charge in [-0.1, -0.05) is 42.5 Å². The van der Waals surface area contributed by atoms with Gasteiger partial charge >= 0.3 is 6.03 Å². The quantitative estimate of drug-likeness (QED) is 0.523. The van der Waals surface area contributed by atoms with Gasteiger partial charge in [0.25, 0.3) is 5.91 Å². The molecule has 7 heteroatoms. The molecule has 0 aliphatic heterocycles. The van der Waals surface area contributed by atoms with Crippen molar-refractivity contribution in [2.24, 2.45) is 5.10 Å². The summed E-state index contributed by atoms with van der Waals surface area (Å²) < 4.78 is 0. The number of nitrogens with one attached hydrogen (secondary N) is 3. The first-order valence-electron chi connectivity index (χ1n) is 8.19. The zero-order chi connectivity index (χ0) is 18.8. The Balaban J connectivity index is 1.67. The van der Waals surface area contributed by atoms with Gasteiger partial charge in [0, 0.05) is 26.3 Å². The fourth-order valence-electron chi connectivity index (χ4n) is 2.08. The molecule has 2 rings (SSSR count). The summed E-state index contributed by atoms with van der Waals surface area (Å²) in [6.07, 6.45) is 1.55. The molecule has 2 aromatic carbocycles. The maximum Gasteiger partial charge on any atom is 0.315 e. The molecule has 0 saturated carbocycles. The fraction of sp³-hybridized carbons (Fsp3) is 0.211. The largest absolute Gasteiger partial charge is 0.378 e. The lowest BCUT2D eigenvalue weighted by molar-refractivity contribution is -0.120. The molecule has 26 heavy (non-hydrogen) atoms. The van der Waals surface area contributed by atoms with Crippen molar-refractivity contribution < 1.29 is 9.59 Å². The molecule has 2 aromatic rings. The van der Waals surface area contributed by atoms with Crippen LogP contribution in [-0.4, -0.2) is 38.8 Å². The number of hydrazone groups is 1. The van der Waals surface area contributed by atoms with Crippen LogP contribution in [0.1, 0.15) is 11.1 Å². The number of anilines is 1. The van der Waals surface area contributed by atoms with Crippen LogP contribution in [-0.2, 0) is 11.3 Å². The Labute approximate surface area is 153 Å². The van der Waals surface area contributed by atoms with Gasteiger partial charge in [0.15, 0.2) is 0 Å². The van der Waals surface area contributed by atoms with Crippen molar-refractivity contribution in [1.82, 2.24) is 16.1 Å². The van der Waals surface area contributed by atoms with Gasteiger partial charge in [-0.3, -0.25) is 4.79 Å². The van der Waals surface area contributed by atoms with Crippen molar-refractivity contribution in [3.05, 3.63) is 65.7 Å². The Morgan fingerprint density at radius 2 is 1.69 bits per heavy atom. The van der Waals surface area contributed by atoms with E-state index in [1.165, 1.54) is 0 Å². The lowest BCUT2D eigenvalue weighted by Crippen LogP contribution is -2.40. The van der Waals surface area contributed by atoms with Crippen LogP contribution in [0.2, 0.25) is 0 Å². The van der Waals surface area contributed by atoms with Crippen LogP contribution in [0.15, 0.2) is 59.7 Å². The van der Waals surface area contributed by atoms with Gasteiger partial charge in [-0.25, -0.2) is 10.2 Å². The third-order valence-electron chi connectivity index (χ3n) is 3.52. The van der Waals surface area contributed by atoms with Gasteiger partial charge in [0.05, 0.1) is 6.21 Å². The molecule has 0 radical (unpaired) electrons. The Morgan fingerprint density at radius 1 is 1.00 bits per heavy atom. The van der Waals surface area contributed by atoms with E-state index < -0.39 is 11.9 Å². The zero-order valence-electron chi connectivity index (χ0n) is 14.9. The van der Waals surface area contributed by atoms with Gasteiger partial charge in [0.2, 0.25) is 0 Å². The number of hydrogen-bond donors (Lipinski definition) is 3. The third kappa shape index (κ3) is 6.64. The van der Waals surface area contributed by atoms with E-state index in [1.807, 2.05) is 73.6 Å². The van der Waals surface area contributed by atoms with Crippen LogP contribution in [0, 0.1) is 0 Å². The van der Waals surface area contributed by atoms with E-state index in [4.69, 9.17) is 0 Å². The minimum absolute atomic E-state index is 0.155. The number of carbonyl (C=O) groups excluding carboxylic acids is 2. The second-order valence-corrected chi connectivity index (χ2v) is 5.80. The van der Waals surface area contributed by atoms with Crippen LogP contribution < -0.4 is 21.0 Å². The lowest BCUT2D eigenvalue weighted by atomic mass is 10.2. The number of rotatable bonds is 7. The van der Waals surface area contributed by atoms with E-state index >= 15 is 0 Å². The molecule has 0 atom stereocenters. The van der Waals surface area contributed by atoms with Crippen LogP contribution >= 0.6 is 0 Å². The zero-order valence-corrected chi connectivity index (χ0v) is 14.9. The molecule has 0 aromatic heterocycles. The Bertz CT molecular complexity index is 742. The minimum atomic E-state index is -0.410. The number of amides is 3. The van der Waals surface area contributed by atoms with Crippen LogP contribution in [0.25, 0.3) is 0 Å². The first-order valence-corrected chi connectivity index (χ1v) is 8.19. The minimum Gasteiger partial charge on any atom is -0.378 e.